The van der Waals surface area contributed by atoms with Crippen LogP contribution in [-0.2, 0) is 0 Å². The van der Waals surface area contributed by atoms with Crippen molar-refractivity contribution in [2.24, 2.45) is 0 Å². The maximum absolute atomic E-state index is 9.49. The second kappa shape index (κ2) is 4.30. The van der Waals surface area contributed by atoms with Crippen LogP contribution >= 0.6 is 23.7 Å². The number of aromatic hydroxyl groups is 1. The molecule has 0 aliphatic rings. The van der Waals surface area contributed by atoms with Gasteiger partial charge in [-0.05, 0) is 28.5 Å². The SMILES string of the molecule is Cl.Oc1ccccc1-c1ccsc1. The molecule has 3 heteroatoms. The normalized spacial score (nSPS) is 9.23. The molecule has 0 saturated heterocycles. The summed E-state index contributed by atoms with van der Waals surface area (Å²) in [4.78, 5) is 0. The zero-order valence-electron chi connectivity index (χ0n) is 6.81. The van der Waals surface area contributed by atoms with Gasteiger partial charge in [0.2, 0.25) is 0 Å². The fraction of sp³-hybridized carbons (Fsp3) is 0. The molecule has 0 bridgehead atoms. The van der Waals surface area contributed by atoms with Gasteiger partial charge in [0.1, 0.15) is 5.75 Å². The van der Waals surface area contributed by atoms with Gasteiger partial charge in [-0.15, -0.1) is 12.4 Å². The number of benzene rings is 1. The number of hydrogen-bond acceptors (Lipinski definition) is 2. The summed E-state index contributed by atoms with van der Waals surface area (Å²) in [5.74, 6) is 0.343. The average Bonchev–Trinajstić information content (AvgIpc) is 2.57. The van der Waals surface area contributed by atoms with E-state index in [-0.39, 0.29) is 12.4 Å². The van der Waals surface area contributed by atoms with Crippen LogP contribution in [0.3, 0.4) is 0 Å². The first-order chi connectivity index (χ1) is 5.88. The molecule has 68 valence electrons. The second-order valence-corrected chi connectivity index (χ2v) is 3.31. The summed E-state index contributed by atoms with van der Waals surface area (Å²) >= 11 is 1.63. The summed E-state index contributed by atoms with van der Waals surface area (Å²) in [5.41, 5.74) is 1.98. The lowest BCUT2D eigenvalue weighted by Gasteiger charge is -1.99. The molecule has 2 aromatic rings. The highest BCUT2D eigenvalue weighted by Gasteiger charge is 2.01. The minimum Gasteiger partial charge on any atom is -0.507 e. The van der Waals surface area contributed by atoms with E-state index in [2.05, 4.69) is 0 Å². The average molecular weight is 213 g/mol. The summed E-state index contributed by atoms with van der Waals surface area (Å²) in [6.45, 7) is 0. The largest absolute Gasteiger partial charge is 0.507 e. The summed E-state index contributed by atoms with van der Waals surface area (Å²) < 4.78 is 0. The van der Waals surface area contributed by atoms with Gasteiger partial charge in [0.25, 0.3) is 0 Å². The third-order valence-electron chi connectivity index (χ3n) is 1.74. The number of phenolic OH excluding ortho intramolecular Hbond substituents is 1. The van der Waals surface area contributed by atoms with E-state index in [0.29, 0.717) is 5.75 Å². The van der Waals surface area contributed by atoms with Crippen LogP contribution in [0.25, 0.3) is 11.1 Å². The quantitative estimate of drug-likeness (QED) is 0.767. The van der Waals surface area contributed by atoms with Gasteiger partial charge in [-0.25, -0.2) is 0 Å². The molecular weight excluding hydrogens is 204 g/mol. The van der Waals surface area contributed by atoms with Crippen molar-refractivity contribution >= 4 is 23.7 Å². The van der Waals surface area contributed by atoms with Crippen LogP contribution < -0.4 is 0 Å². The number of para-hydroxylation sites is 1. The first-order valence-electron chi connectivity index (χ1n) is 3.68. The first-order valence-corrected chi connectivity index (χ1v) is 4.63. The lowest BCUT2D eigenvalue weighted by molar-refractivity contribution is 0.477. The monoisotopic (exact) mass is 212 g/mol. The molecule has 1 aromatic carbocycles. The topological polar surface area (TPSA) is 20.2 Å². The lowest BCUT2D eigenvalue weighted by atomic mass is 10.1. The molecule has 0 saturated carbocycles. The van der Waals surface area contributed by atoms with Gasteiger partial charge < -0.3 is 5.11 Å². The Labute approximate surface area is 87.1 Å². The molecule has 1 N–H and O–H groups in total. The Kier molecular flexibility index (Phi) is 3.34. The Morgan fingerprint density at radius 3 is 2.46 bits per heavy atom. The van der Waals surface area contributed by atoms with Crippen molar-refractivity contribution < 1.29 is 5.11 Å². The Bertz CT molecular complexity index is 370. The summed E-state index contributed by atoms with van der Waals surface area (Å²) in [6.07, 6.45) is 0. The zero-order chi connectivity index (χ0) is 8.39. The number of phenols is 1. The fourth-order valence-corrected chi connectivity index (χ4v) is 1.79. The standard InChI is InChI=1S/C10H8OS.ClH/c11-10-4-2-1-3-9(10)8-5-6-12-7-8;/h1-7,11H;1H. The van der Waals surface area contributed by atoms with E-state index < -0.39 is 0 Å². The molecule has 0 amide bonds. The number of hydrogen-bond donors (Lipinski definition) is 1. The van der Waals surface area contributed by atoms with E-state index in [1.165, 1.54) is 0 Å². The van der Waals surface area contributed by atoms with Crippen LogP contribution in [0.2, 0.25) is 0 Å². The summed E-state index contributed by atoms with van der Waals surface area (Å²) in [5, 5.41) is 13.5. The van der Waals surface area contributed by atoms with Crippen molar-refractivity contribution in [1.29, 1.82) is 0 Å². The molecule has 0 aliphatic heterocycles. The van der Waals surface area contributed by atoms with Crippen molar-refractivity contribution in [3.05, 3.63) is 41.1 Å². The lowest BCUT2D eigenvalue weighted by Crippen LogP contribution is -1.73. The Hall–Kier alpha value is -0.990. The molecule has 1 aromatic heterocycles. The van der Waals surface area contributed by atoms with E-state index in [9.17, 15) is 5.11 Å². The molecule has 0 fully saturated rings. The van der Waals surface area contributed by atoms with Gasteiger partial charge in [-0.2, -0.15) is 11.3 Å². The van der Waals surface area contributed by atoms with E-state index in [1.807, 2.05) is 35.0 Å². The van der Waals surface area contributed by atoms with Crippen LogP contribution in [0.5, 0.6) is 5.75 Å². The van der Waals surface area contributed by atoms with Gasteiger partial charge in [0.05, 0.1) is 0 Å². The van der Waals surface area contributed by atoms with E-state index in [4.69, 9.17) is 0 Å². The second-order valence-electron chi connectivity index (χ2n) is 2.53. The minimum absolute atomic E-state index is 0. The van der Waals surface area contributed by atoms with Crippen molar-refractivity contribution in [1.82, 2.24) is 0 Å². The number of rotatable bonds is 1. The molecule has 0 radical (unpaired) electrons. The van der Waals surface area contributed by atoms with Crippen molar-refractivity contribution in [3.8, 4) is 16.9 Å². The maximum atomic E-state index is 9.49. The highest BCUT2D eigenvalue weighted by molar-refractivity contribution is 7.08. The van der Waals surface area contributed by atoms with Crippen molar-refractivity contribution in [2.45, 2.75) is 0 Å². The third kappa shape index (κ3) is 2.02. The highest BCUT2D eigenvalue weighted by Crippen LogP contribution is 2.29. The van der Waals surface area contributed by atoms with Crippen LogP contribution in [0.4, 0.5) is 0 Å². The van der Waals surface area contributed by atoms with E-state index >= 15 is 0 Å². The van der Waals surface area contributed by atoms with Gasteiger partial charge in [-0.1, -0.05) is 18.2 Å². The summed E-state index contributed by atoms with van der Waals surface area (Å²) in [6, 6.07) is 9.36. The van der Waals surface area contributed by atoms with Crippen LogP contribution in [0.15, 0.2) is 41.1 Å². The fourth-order valence-electron chi connectivity index (χ4n) is 1.14. The van der Waals surface area contributed by atoms with E-state index in [1.54, 1.807) is 17.4 Å². The molecule has 1 nitrogen and oxygen atoms in total. The van der Waals surface area contributed by atoms with Crippen LogP contribution in [0.1, 0.15) is 0 Å². The minimum atomic E-state index is 0. The van der Waals surface area contributed by atoms with Gasteiger partial charge in [0, 0.05) is 5.56 Å². The highest BCUT2D eigenvalue weighted by atomic mass is 35.5. The van der Waals surface area contributed by atoms with E-state index in [0.717, 1.165) is 11.1 Å². The molecule has 0 atom stereocenters. The van der Waals surface area contributed by atoms with Gasteiger partial charge in [0.15, 0.2) is 0 Å². The first kappa shape index (κ1) is 10.1. The predicted octanol–water partition coefficient (Wildman–Crippen LogP) is 3.54. The molecule has 1 heterocycles. The van der Waals surface area contributed by atoms with Gasteiger partial charge in [-0.3, -0.25) is 0 Å². The van der Waals surface area contributed by atoms with Gasteiger partial charge >= 0.3 is 0 Å². The Morgan fingerprint density at radius 1 is 1.08 bits per heavy atom. The third-order valence-corrected chi connectivity index (χ3v) is 2.42. The zero-order valence-corrected chi connectivity index (χ0v) is 8.44. The predicted molar refractivity (Wildman–Crippen MR) is 58.7 cm³/mol. The van der Waals surface area contributed by atoms with Crippen molar-refractivity contribution in [2.75, 3.05) is 0 Å². The molecule has 0 unspecified atom stereocenters. The number of halogens is 1. The van der Waals surface area contributed by atoms with Crippen LogP contribution in [0, 0.1) is 0 Å². The Balaban J connectivity index is 0.000000845. The Morgan fingerprint density at radius 2 is 1.85 bits per heavy atom. The smallest absolute Gasteiger partial charge is 0.123 e. The molecule has 0 aliphatic carbocycles. The van der Waals surface area contributed by atoms with Crippen LogP contribution in [-0.4, -0.2) is 5.11 Å². The maximum Gasteiger partial charge on any atom is 0.123 e. The summed E-state index contributed by atoms with van der Waals surface area (Å²) in [7, 11) is 0. The number of thiophene rings is 1. The van der Waals surface area contributed by atoms with Crippen molar-refractivity contribution in [3.63, 3.8) is 0 Å². The molecule has 0 spiro atoms. The molecular formula is C10H9ClOS. The molecule has 13 heavy (non-hydrogen) atoms. The molecule has 2 rings (SSSR count).